The van der Waals surface area contributed by atoms with Gasteiger partial charge in [-0.15, -0.1) is 0 Å². The average molecular weight is 368 g/mol. The number of unbranched alkanes of at least 4 members (excludes halogenated alkanes) is 4. The first-order valence-electron chi connectivity index (χ1n) is 9.49. The van der Waals surface area contributed by atoms with Gasteiger partial charge in [0.2, 0.25) is 0 Å². The summed E-state index contributed by atoms with van der Waals surface area (Å²) in [7, 11) is -4.76. The molecule has 0 radical (unpaired) electrons. The molecule has 0 atom stereocenters. The summed E-state index contributed by atoms with van der Waals surface area (Å²) < 4.78 is 9.58. The molecule has 0 aliphatic rings. The SMILES string of the molecule is C=CP(=O)(O)O.CCCC[PH](CCCC)(CCCC)CCCC. The first-order chi connectivity index (χ1) is 10.8. The second-order valence-electron chi connectivity index (χ2n) is 6.69. The van der Waals surface area contributed by atoms with Crippen LogP contribution in [0.1, 0.15) is 79.1 Å². The van der Waals surface area contributed by atoms with Crippen molar-refractivity contribution in [2.75, 3.05) is 24.6 Å². The molecule has 0 unspecified atom stereocenters. The van der Waals surface area contributed by atoms with Gasteiger partial charge in [0, 0.05) is 5.82 Å². The molecule has 0 saturated carbocycles. The summed E-state index contributed by atoms with van der Waals surface area (Å²) in [5.41, 5.74) is 0. The molecule has 5 heteroatoms. The van der Waals surface area contributed by atoms with Crippen LogP contribution in [0.25, 0.3) is 0 Å². The van der Waals surface area contributed by atoms with E-state index in [0.29, 0.717) is 5.82 Å². The van der Waals surface area contributed by atoms with Crippen LogP contribution in [0.2, 0.25) is 0 Å². The minimum absolute atomic E-state index is 0.604. The normalized spacial score (nSPS) is 12.4. The van der Waals surface area contributed by atoms with Gasteiger partial charge in [0.1, 0.15) is 0 Å². The summed E-state index contributed by atoms with van der Waals surface area (Å²) in [5, 5.41) is 0. The second-order valence-corrected chi connectivity index (χ2v) is 13.2. The van der Waals surface area contributed by atoms with Crippen LogP contribution in [0.3, 0.4) is 0 Å². The quantitative estimate of drug-likeness (QED) is 0.378. The van der Waals surface area contributed by atoms with Gasteiger partial charge in [-0.1, -0.05) is 6.58 Å². The summed E-state index contributed by atoms with van der Waals surface area (Å²) in [6, 6.07) is 0. The van der Waals surface area contributed by atoms with E-state index in [1.54, 1.807) is 24.6 Å². The van der Waals surface area contributed by atoms with Gasteiger partial charge < -0.3 is 9.79 Å². The van der Waals surface area contributed by atoms with Crippen molar-refractivity contribution in [2.24, 2.45) is 0 Å². The van der Waals surface area contributed by atoms with E-state index in [1.165, 1.54) is 51.4 Å². The van der Waals surface area contributed by atoms with Gasteiger partial charge in [0.25, 0.3) is 0 Å². The fourth-order valence-electron chi connectivity index (χ4n) is 2.96. The molecular formula is C18H42O3P2. The molecular weight excluding hydrogens is 326 g/mol. The molecule has 0 aliphatic heterocycles. The van der Waals surface area contributed by atoms with Crippen LogP contribution in [0.5, 0.6) is 0 Å². The van der Waals surface area contributed by atoms with Crippen LogP contribution in [-0.4, -0.2) is 34.4 Å². The third kappa shape index (κ3) is 16.9. The van der Waals surface area contributed by atoms with Crippen molar-refractivity contribution >= 4 is 14.9 Å². The predicted molar refractivity (Wildman–Crippen MR) is 110 cm³/mol. The fraction of sp³-hybridized carbons (Fsp3) is 0.889. The standard InChI is InChI=1S/C16H37P.C2H5O3P/c1-5-9-13-17(14-10-6-2,15-11-7-3)16-12-8-4;1-2-6(3,4)5/h17H,5-16H2,1-4H3;2H,1H2,(H2,3,4,5). The molecule has 0 heterocycles. The Kier molecular flexibility index (Phi) is 17.6. The Hall–Kier alpha value is 0.320. The van der Waals surface area contributed by atoms with Gasteiger partial charge in [0.15, 0.2) is 0 Å². The maximum atomic E-state index is 9.58. The molecule has 0 aromatic heterocycles. The Morgan fingerprint density at radius 2 is 1.00 bits per heavy atom. The summed E-state index contributed by atoms with van der Waals surface area (Å²) in [4.78, 5) is 15.6. The molecule has 142 valence electrons. The Labute approximate surface area is 145 Å². The topological polar surface area (TPSA) is 57.5 Å². The predicted octanol–water partition coefficient (Wildman–Crippen LogP) is 6.24. The van der Waals surface area contributed by atoms with E-state index in [1.807, 2.05) is 0 Å². The van der Waals surface area contributed by atoms with Crippen molar-refractivity contribution in [3.63, 3.8) is 0 Å². The van der Waals surface area contributed by atoms with E-state index in [-0.39, 0.29) is 0 Å². The van der Waals surface area contributed by atoms with E-state index in [9.17, 15) is 4.57 Å². The fourth-order valence-corrected chi connectivity index (χ4v) is 8.87. The average Bonchev–Trinajstić information content (AvgIpc) is 2.53. The molecule has 23 heavy (non-hydrogen) atoms. The van der Waals surface area contributed by atoms with E-state index < -0.39 is 14.9 Å². The molecule has 0 bridgehead atoms. The first kappa shape index (κ1) is 25.6. The van der Waals surface area contributed by atoms with Gasteiger partial charge in [-0.25, -0.2) is 0 Å². The Morgan fingerprint density at radius 3 is 1.13 bits per heavy atom. The van der Waals surface area contributed by atoms with E-state index >= 15 is 0 Å². The van der Waals surface area contributed by atoms with Crippen LogP contribution in [0, 0.1) is 0 Å². The van der Waals surface area contributed by atoms with Crippen molar-refractivity contribution in [1.82, 2.24) is 0 Å². The third-order valence-corrected chi connectivity index (χ3v) is 10.6. The summed E-state index contributed by atoms with van der Waals surface area (Å²) in [6.07, 6.45) is 18.1. The molecule has 0 amide bonds. The van der Waals surface area contributed by atoms with Crippen molar-refractivity contribution in [3.8, 4) is 0 Å². The molecule has 0 saturated heterocycles. The Bertz CT molecular complexity index is 276. The molecule has 0 rings (SSSR count). The third-order valence-electron chi connectivity index (χ3n) is 4.48. The van der Waals surface area contributed by atoms with Gasteiger partial charge in [0.05, 0.1) is 0 Å². The van der Waals surface area contributed by atoms with Gasteiger partial charge in [-0.3, -0.25) is 4.57 Å². The molecule has 0 aromatic carbocycles. The molecule has 2 N–H and O–H groups in total. The minimum atomic E-state index is -3.88. The van der Waals surface area contributed by atoms with Crippen LogP contribution in [-0.2, 0) is 4.57 Å². The van der Waals surface area contributed by atoms with Gasteiger partial charge in [-0.05, 0) is 0 Å². The number of hydrogen-bond acceptors (Lipinski definition) is 1. The van der Waals surface area contributed by atoms with Crippen LogP contribution in [0.15, 0.2) is 12.4 Å². The monoisotopic (exact) mass is 368 g/mol. The number of hydrogen-bond donors (Lipinski definition) is 2. The number of rotatable bonds is 13. The maximum absolute atomic E-state index is 9.58. The van der Waals surface area contributed by atoms with Crippen LogP contribution >= 0.6 is 14.9 Å². The van der Waals surface area contributed by atoms with Crippen molar-refractivity contribution in [3.05, 3.63) is 12.4 Å². The van der Waals surface area contributed by atoms with Crippen molar-refractivity contribution < 1.29 is 14.4 Å². The van der Waals surface area contributed by atoms with Crippen LogP contribution in [0.4, 0.5) is 0 Å². The van der Waals surface area contributed by atoms with Gasteiger partial charge >= 0.3 is 119 Å². The van der Waals surface area contributed by atoms with E-state index in [0.717, 1.165) is 0 Å². The Morgan fingerprint density at radius 1 is 0.783 bits per heavy atom. The first-order valence-corrected chi connectivity index (χ1v) is 14.0. The summed E-state index contributed by atoms with van der Waals surface area (Å²) in [5.74, 6) is 0.604. The zero-order valence-electron chi connectivity index (χ0n) is 16.0. The second kappa shape index (κ2) is 15.8. The van der Waals surface area contributed by atoms with Crippen molar-refractivity contribution in [1.29, 1.82) is 0 Å². The molecule has 3 nitrogen and oxygen atoms in total. The molecule has 0 aromatic rings. The van der Waals surface area contributed by atoms with Crippen LogP contribution < -0.4 is 0 Å². The zero-order chi connectivity index (χ0) is 18.2. The summed E-state index contributed by atoms with van der Waals surface area (Å²) >= 11 is 0. The van der Waals surface area contributed by atoms with E-state index in [2.05, 4.69) is 34.3 Å². The zero-order valence-corrected chi connectivity index (χ0v) is 17.9. The molecule has 0 fully saturated rings. The Balaban J connectivity index is 0. The van der Waals surface area contributed by atoms with Crippen molar-refractivity contribution in [2.45, 2.75) is 79.1 Å². The summed E-state index contributed by atoms with van der Waals surface area (Å²) in [6.45, 7) is 12.3. The molecule has 0 aliphatic carbocycles. The van der Waals surface area contributed by atoms with E-state index in [4.69, 9.17) is 9.79 Å². The van der Waals surface area contributed by atoms with Gasteiger partial charge in [-0.2, -0.15) is 0 Å². The molecule has 0 spiro atoms.